The fourth-order valence-electron chi connectivity index (χ4n) is 4.14. The lowest BCUT2D eigenvalue weighted by Gasteiger charge is -2.21. The van der Waals surface area contributed by atoms with E-state index in [0.29, 0.717) is 52.3 Å². The summed E-state index contributed by atoms with van der Waals surface area (Å²) in [5.41, 5.74) is 7.68. The van der Waals surface area contributed by atoms with Crippen molar-refractivity contribution < 1.29 is 19.0 Å². The summed E-state index contributed by atoms with van der Waals surface area (Å²) in [6, 6.07) is 14.6. The van der Waals surface area contributed by atoms with Crippen molar-refractivity contribution in [2.45, 2.75) is 13.0 Å². The van der Waals surface area contributed by atoms with Gasteiger partial charge in [-0.25, -0.2) is 4.98 Å². The number of halogens is 1. The van der Waals surface area contributed by atoms with E-state index in [4.69, 9.17) is 25.8 Å². The third kappa shape index (κ3) is 4.52. The first kappa shape index (κ1) is 23.5. The van der Waals surface area contributed by atoms with Gasteiger partial charge in [0.15, 0.2) is 5.75 Å². The number of para-hydroxylation sites is 1. The van der Waals surface area contributed by atoms with Gasteiger partial charge in [-0.05, 0) is 30.3 Å². The fourth-order valence-corrected chi connectivity index (χ4v) is 4.40. The van der Waals surface area contributed by atoms with E-state index >= 15 is 0 Å². The maximum absolute atomic E-state index is 12.7. The van der Waals surface area contributed by atoms with Crippen LogP contribution >= 0.6 is 11.6 Å². The molecule has 1 aliphatic rings. The Labute approximate surface area is 213 Å². The Morgan fingerprint density at radius 2 is 1.97 bits per heavy atom. The van der Waals surface area contributed by atoms with E-state index in [-0.39, 0.29) is 12.5 Å². The Morgan fingerprint density at radius 1 is 1.11 bits per heavy atom. The Morgan fingerprint density at radius 3 is 2.81 bits per heavy atom. The second-order valence-corrected chi connectivity index (χ2v) is 8.40. The zero-order valence-corrected chi connectivity index (χ0v) is 20.5. The molecule has 3 aromatic heterocycles. The standard InChI is InChI=1S/C26H24ClN5O4/c1-34-24-8-3-5-16(30-24)15-36-23-14-28-11-9-17(23)22-13-18-21(10-12-29-26(18)33)32(22)31-20-7-4-6-19(27)25(20)35-2/h3-9,11,13-14,31H,10,12,15H2,1-2H3,(H,29,33). The van der Waals surface area contributed by atoms with Crippen molar-refractivity contribution in [1.82, 2.24) is 20.0 Å². The number of hydrogen-bond acceptors (Lipinski definition) is 7. The van der Waals surface area contributed by atoms with Crippen LogP contribution in [0.5, 0.6) is 17.4 Å². The van der Waals surface area contributed by atoms with Crippen LogP contribution in [-0.2, 0) is 13.0 Å². The number of nitrogens with zero attached hydrogens (tertiary/aromatic N) is 3. The Balaban J connectivity index is 1.56. The molecule has 0 spiro atoms. The molecule has 5 rings (SSSR count). The number of carbonyl (C=O) groups excluding carboxylic acids is 1. The van der Waals surface area contributed by atoms with Crippen LogP contribution in [0.1, 0.15) is 21.7 Å². The molecule has 0 atom stereocenters. The summed E-state index contributed by atoms with van der Waals surface area (Å²) >= 11 is 6.36. The zero-order chi connectivity index (χ0) is 25.1. The monoisotopic (exact) mass is 505 g/mol. The second-order valence-electron chi connectivity index (χ2n) is 8.00. The van der Waals surface area contributed by atoms with Crippen molar-refractivity contribution in [2.75, 3.05) is 26.2 Å². The smallest absolute Gasteiger partial charge is 0.253 e. The molecule has 9 nitrogen and oxygen atoms in total. The van der Waals surface area contributed by atoms with Crippen LogP contribution in [0.25, 0.3) is 11.3 Å². The Bertz CT molecular complexity index is 1420. The van der Waals surface area contributed by atoms with Gasteiger partial charge in [-0.2, -0.15) is 0 Å². The van der Waals surface area contributed by atoms with Crippen LogP contribution in [0.2, 0.25) is 5.02 Å². The molecule has 0 saturated carbocycles. The van der Waals surface area contributed by atoms with Crippen LogP contribution in [0.4, 0.5) is 5.69 Å². The number of ether oxygens (including phenoxy) is 3. The maximum Gasteiger partial charge on any atom is 0.253 e. The molecule has 0 radical (unpaired) electrons. The van der Waals surface area contributed by atoms with E-state index in [1.807, 2.05) is 41.1 Å². The number of aromatic nitrogens is 3. The minimum Gasteiger partial charge on any atom is -0.493 e. The van der Waals surface area contributed by atoms with E-state index in [9.17, 15) is 4.79 Å². The molecule has 36 heavy (non-hydrogen) atoms. The lowest BCUT2D eigenvalue weighted by Crippen LogP contribution is -2.33. The normalized spacial score (nSPS) is 12.5. The van der Waals surface area contributed by atoms with Crippen molar-refractivity contribution in [3.05, 3.63) is 82.9 Å². The molecule has 4 aromatic rings. The zero-order valence-electron chi connectivity index (χ0n) is 19.7. The average Bonchev–Trinajstić information content (AvgIpc) is 3.27. The van der Waals surface area contributed by atoms with Gasteiger partial charge in [0.25, 0.3) is 5.91 Å². The fraction of sp³-hybridized carbons (Fsp3) is 0.192. The van der Waals surface area contributed by atoms with Crippen molar-refractivity contribution in [2.24, 2.45) is 0 Å². The first-order valence-corrected chi connectivity index (χ1v) is 11.7. The lowest BCUT2D eigenvalue weighted by molar-refractivity contribution is 0.0945. The van der Waals surface area contributed by atoms with E-state index in [1.54, 1.807) is 38.7 Å². The number of hydrogen-bond donors (Lipinski definition) is 2. The summed E-state index contributed by atoms with van der Waals surface area (Å²) in [7, 11) is 3.13. The predicted octanol–water partition coefficient (Wildman–Crippen LogP) is 4.36. The van der Waals surface area contributed by atoms with Gasteiger partial charge < -0.3 is 19.5 Å². The molecule has 0 saturated heterocycles. The van der Waals surface area contributed by atoms with Gasteiger partial charge in [0.1, 0.15) is 12.4 Å². The number of anilines is 1. The average molecular weight is 506 g/mol. The van der Waals surface area contributed by atoms with Gasteiger partial charge in [0, 0.05) is 30.8 Å². The number of carbonyl (C=O) groups is 1. The summed E-state index contributed by atoms with van der Waals surface area (Å²) in [4.78, 5) is 21.4. The Kier molecular flexibility index (Phi) is 6.64. The Hall–Kier alpha value is -4.24. The van der Waals surface area contributed by atoms with Crippen LogP contribution in [-0.4, -0.2) is 41.3 Å². The summed E-state index contributed by atoms with van der Waals surface area (Å²) in [6.07, 6.45) is 3.97. The van der Waals surface area contributed by atoms with Crippen molar-refractivity contribution in [1.29, 1.82) is 0 Å². The minimum atomic E-state index is -0.131. The van der Waals surface area contributed by atoms with Gasteiger partial charge in [-0.3, -0.25) is 19.9 Å². The summed E-state index contributed by atoms with van der Waals surface area (Å²) in [5, 5.41) is 3.38. The number of pyridine rings is 2. The van der Waals surface area contributed by atoms with Crippen LogP contribution in [0.15, 0.2) is 60.9 Å². The summed E-state index contributed by atoms with van der Waals surface area (Å²) in [5.74, 6) is 1.42. The van der Waals surface area contributed by atoms with Gasteiger partial charge in [0.2, 0.25) is 5.88 Å². The van der Waals surface area contributed by atoms with Crippen molar-refractivity contribution in [3.63, 3.8) is 0 Å². The van der Waals surface area contributed by atoms with Gasteiger partial charge >= 0.3 is 0 Å². The molecule has 10 heteroatoms. The van der Waals surface area contributed by atoms with Gasteiger partial charge in [-0.1, -0.05) is 23.7 Å². The first-order valence-electron chi connectivity index (χ1n) is 11.3. The van der Waals surface area contributed by atoms with Crippen LogP contribution in [0.3, 0.4) is 0 Å². The van der Waals surface area contributed by atoms with E-state index in [1.165, 1.54) is 0 Å². The van der Waals surface area contributed by atoms with Gasteiger partial charge in [0.05, 0.1) is 53.8 Å². The third-order valence-corrected chi connectivity index (χ3v) is 6.12. The molecule has 0 unspecified atom stereocenters. The molecule has 4 heterocycles. The largest absolute Gasteiger partial charge is 0.493 e. The number of amides is 1. The van der Waals surface area contributed by atoms with E-state index in [0.717, 1.165) is 17.0 Å². The summed E-state index contributed by atoms with van der Waals surface area (Å²) < 4.78 is 18.8. The quantitative estimate of drug-likeness (QED) is 0.367. The highest BCUT2D eigenvalue weighted by molar-refractivity contribution is 6.32. The number of methoxy groups -OCH3 is 2. The number of fused-ring (bicyclic) bond motifs is 1. The highest BCUT2D eigenvalue weighted by Crippen LogP contribution is 2.37. The number of rotatable bonds is 8. The molecule has 1 amide bonds. The number of benzene rings is 1. The molecule has 0 bridgehead atoms. The molecule has 1 aromatic carbocycles. The highest BCUT2D eigenvalue weighted by atomic mass is 35.5. The van der Waals surface area contributed by atoms with E-state index < -0.39 is 0 Å². The molecule has 0 aliphatic carbocycles. The molecule has 184 valence electrons. The molecule has 2 N–H and O–H groups in total. The molecular weight excluding hydrogens is 482 g/mol. The second kappa shape index (κ2) is 10.2. The van der Waals surface area contributed by atoms with E-state index in [2.05, 4.69) is 20.7 Å². The van der Waals surface area contributed by atoms with Crippen molar-refractivity contribution >= 4 is 23.2 Å². The lowest BCUT2D eigenvalue weighted by atomic mass is 10.1. The minimum absolute atomic E-state index is 0.131. The van der Waals surface area contributed by atoms with Crippen LogP contribution in [0, 0.1) is 0 Å². The molecule has 1 aliphatic heterocycles. The predicted molar refractivity (Wildman–Crippen MR) is 136 cm³/mol. The molecular formula is C26H24ClN5O4. The summed E-state index contributed by atoms with van der Waals surface area (Å²) in [6.45, 7) is 0.747. The van der Waals surface area contributed by atoms with Crippen molar-refractivity contribution in [3.8, 4) is 28.6 Å². The van der Waals surface area contributed by atoms with Crippen LogP contribution < -0.4 is 25.0 Å². The number of nitrogens with one attached hydrogen (secondary N) is 2. The highest BCUT2D eigenvalue weighted by Gasteiger charge is 2.26. The molecule has 0 fully saturated rings. The topological polar surface area (TPSA) is 99.5 Å². The first-order chi connectivity index (χ1) is 17.6. The van der Waals surface area contributed by atoms with Gasteiger partial charge in [-0.15, -0.1) is 0 Å². The maximum atomic E-state index is 12.7. The SMILES string of the molecule is COc1cccc(COc2cnccc2-c2cc3c(n2Nc2cccc(Cl)c2OC)CCNC3=O)n1. The third-order valence-electron chi connectivity index (χ3n) is 5.82.